The minimum atomic E-state index is 0.111. The molecule has 0 radical (unpaired) electrons. The van der Waals surface area contributed by atoms with Gasteiger partial charge >= 0.3 is 6.01 Å². The lowest BCUT2D eigenvalue weighted by molar-refractivity contribution is 0.348. The maximum atomic E-state index is 6.11. The molecular formula is C26H25ClN4O3. The molecule has 1 aromatic heterocycles. The SMILES string of the molecule is COc1cc(OC)nc(Oc2ccc3ccccc3c2C=NN(c2ccc(Cl)cc2)C(C)C)n1. The van der Waals surface area contributed by atoms with Crippen molar-refractivity contribution in [3.63, 3.8) is 0 Å². The van der Waals surface area contributed by atoms with Crippen molar-refractivity contribution in [3.05, 3.63) is 77.3 Å². The van der Waals surface area contributed by atoms with Crippen molar-refractivity contribution in [2.75, 3.05) is 19.2 Å². The number of fused-ring (bicyclic) bond motifs is 1. The molecule has 0 atom stereocenters. The molecule has 0 saturated heterocycles. The summed E-state index contributed by atoms with van der Waals surface area (Å²) in [7, 11) is 3.05. The highest BCUT2D eigenvalue weighted by atomic mass is 35.5. The minimum absolute atomic E-state index is 0.111. The van der Waals surface area contributed by atoms with Crippen LogP contribution in [0.5, 0.6) is 23.5 Å². The second-order valence-corrected chi connectivity index (χ2v) is 8.13. The van der Waals surface area contributed by atoms with Gasteiger partial charge in [0, 0.05) is 16.6 Å². The molecule has 3 aromatic carbocycles. The normalized spacial score (nSPS) is 11.2. The Hall–Kier alpha value is -3.84. The van der Waals surface area contributed by atoms with Crippen molar-refractivity contribution in [2.24, 2.45) is 5.10 Å². The van der Waals surface area contributed by atoms with Crippen molar-refractivity contribution in [3.8, 4) is 23.5 Å². The molecule has 0 aliphatic rings. The van der Waals surface area contributed by atoms with Gasteiger partial charge in [0.1, 0.15) is 5.75 Å². The number of anilines is 1. The number of hydrogen-bond acceptors (Lipinski definition) is 7. The van der Waals surface area contributed by atoms with Crippen LogP contribution < -0.4 is 19.2 Å². The summed E-state index contributed by atoms with van der Waals surface area (Å²) in [5, 5.41) is 9.45. The molecule has 0 saturated carbocycles. The lowest BCUT2D eigenvalue weighted by atomic mass is 10.0. The van der Waals surface area contributed by atoms with E-state index in [-0.39, 0.29) is 12.1 Å². The molecule has 0 amide bonds. The van der Waals surface area contributed by atoms with Crippen LogP contribution in [-0.4, -0.2) is 36.4 Å². The van der Waals surface area contributed by atoms with Crippen LogP contribution in [0.2, 0.25) is 5.02 Å². The van der Waals surface area contributed by atoms with Gasteiger partial charge in [-0.1, -0.05) is 41.9 Å². The smallest absolute Gasteiger partial charge is 0.328 e. The molecule has 0 spiro atoms. The first-order chi connectivity index (χ1) is 16.5. The number of ether oxygens (including phenoxy) is 3. The molecule has 174 valence electrons. The molecule has 0 aliphatic heterocycles. The molecule has 0 unspecified atom stereocenters. The van der Waals surface area contributed by atoms with Crippen molar-refractivity contribution < 1.29 is 14.2 Å². The van der Waals surface area contributed by atoms with E-state index in [1.165, 1.54) is 14.2 Å². The number of hydrogen-bond donors (Lipinski definition) is 0. The van der Waals surface area contributed by atoms with Crippen molar-refractivity contribution in [1.82, 2.24) is 9.97 Å². The van der Waals surface area contributed by atoms with Gasteiger partial charge in [0.15, 0.2) is 0 Å². The summed E-state index contributed by atoms with van der Waals surface area (Å²) < 4.78 is 16.6. The van der Waals surface area contributed by atoms with E-state index in [0.29, 0.717) is 22.5 Å². The average molecular weight is 477 g/mol. The summed E-state index contributed by atoms with van der Waals surface area (Å²) in [5.41, 5.74) is 1.72. The Kier molecular flexibility index (Phi) is 7.13. The second kappa shape index (κ2) is 10.4. The lowest BCUT2D eigenvalue weighted by Crippen LogP contribution is -2.25. The fraction of sp³-hybridized carbons (Fsp3) is 0.192. The van der Waals surface area contributed by atoms with Gasteiger partial charge in [-0.05, 0) is 55.0 Å². The van der Waals surface area contributed by atoms with Crippen LogP contribution in [0.3, 0.4) is 0 Å². The number of hydrazone groups is 1. The Labute approximate surface area is 203 Å². The Morgan fingerprint density at radius 2 is 1.59 bits per heavy atom. The Bertz CT molecular complexity index is 1290. The van der Waals surface area contributed by atoms with E-state index in [4.69, 9.17) is 30.9 Å². The molecule has 1 heterocycles. The molecular weight excluding hydrogens is 452 g/mol. The summed E-state index contributed by atoms with van der Waals surface area (Å²) in [6.45, 7) is 4.14. The third kappa shape index (κ3) is 5.21. The second-order valence-electron chi connectivity index (χ2n) is 7.70. The van der Waals surface area contributed by atoms with Crippen molar-refractivity contribution >= 4 is 34.3 Å². The maximum absolute atomic E-state index is 6.11. The quantitative estimate of drug-likeness (QED) is 0.218. The molecule has 0 bridgehead atoms. The van der Waals surface area contributed by atoms with E-state index in [9.17, 15) is 0 Å². The maximum Gasteiger partial charge on any atom is 0.328 e. The highest BCUT2D eigenvalue weighted by molar-refractivity contribution is 6.30. The van der Waals surface area contributed by atoms with E-state index < -0.39 is 0 Å². The molecule has 0 fully saturated rings. The zero-order valence-corrected chi connectivity index (χ0v) is 20.2. The van der Waals surface area contributed by atoms with Gasteiger partial charge in [-0.15, -0.1) is 0 Å². The van der Waals surface area contributed by atoms with E-state index in [1.54, 1.807) is 12.3 Å². The fourth-order valence-electron chi connectivity index (χ4n) is 3.45. The average Bonchev–Trinajstić information content (AvgIpc) is 2.85. The van der Waals surface area contributed by atoms with E-state index in [1.807, 2.05) is 65.7 Å². The van der Waals surface area contributed by atoms with Crippen LogP contribution in [-0.2, 0) is 0 Å². The number of nitrogens with zero attached hydrogens (tertiary/aromatic N) is 4. The summed E-state index contributed by atoms with van der Waals surface area (Å²) >= 11 is 6.07. The van der Waals surface area contributed by atoms with Gasteiger partial charge < -0.3 is 14.2 Å². The van der Waals surface area contributed by atoms with Gasteiger partial charge in [-0.3, -0.25) is 5.01 Å². The van der Waals surface area contributed by atoms with Crippen LogP contribution in [0.1, 0.15) is 19.4 Å². The van der Waals surface area contributed by atoms with Crippen molar-refractivity contribution in [1.29, 1.82) is 0 Å². The standard InChI is InChI=1S/C26H25ClN4O3/c1-17(2)31(20-12-10-19(27)11-13-20)28-16-22-21-8-6-5-7-18(21)9-14-23(22)34-26-29-24(32-3)15-25(30-26)33-4/h5-17H,1-4H3. The summed E-state index contributed by atoms with van der Waals surface area (Å²) in [4.78, 5) is 8.59. The van der Waals surface area contributed by atoms with Crippen LogP contribution in [0.15, 0.2) is 71.8 Å². The highest BCUT2D eigenvalue weighted by Gasteiger charge is 2.14. The summed E-state index contributed by atoms with van der Waals surface area (Å²) in [5.74, 6) is 1.23. The largest absolute Gasteiger partial charge is 0.481 e. The monoisotopic (exact) mass is 476 g/mol. The molecule has 0 N–H and O–H groups in total. The van der Waals surface area contributed by atoms with Gasteiger partial charge in [0.25, 0.3) is 0 Å². The number of benzene rings is 3. The Balaban J connectivity index is 1.78. The van der Waals surface area contributed by atoms with Gasteiger partial charge in [-0.2, -0.15) is 15.1 Å². The van der Waals surface area contributed by atoms with Gasteiger partial charge in [0.05, 0.1) is 32.2 Å². The molecule has 34 heavy (non-hydrogen) atoms. The number of rotatable bonds is 8. The van der Waals surface area contributed by atoms with Crippen molar-refractivity contribution in [2.45, 2.75) is 19.9 Å². The number of aromatic nitrogens is 2. The van der Waals surface area contributed by atoms with Crippen LogP contribution in [0.4, 0.5) is 5.69 Å². The number of methoxy groups -OCH3 is 2. The Morgan fingerprint density at radius 3 is 2.24 bits per heavy atom. The first-order valence-electron chi connectivity index (χ1n) is 10.7. The predicted octanol–water partition coefficient (Wildman–Crippen LogP) is 6.34. The predicted molar refractivity (Wildman–Crippen MR) is 136 cm³/mol. The minimum Gasteiger partial charge on any atom is -0.481 e. The van der Waals surface area contributed by atoms with E-state index in [0.717, 1.165) is 22.0 Å². The van der Waals surface area contributed by atoms with E-state index >= 15 is 0 Å². The fourth-order valence-corrected chi connectivity index (χ4v) is 3.57. The zero-order valence-electron chi connectivity index (χ0n) is 19.4. The zero-order chi connectivity index (χ0) is 24.1. The van der Waals surface area contributed by atoms with Crippen LogP contribution in [0, 0.1) is 0 Å². The summed E-state index contributed by atoms with van der Waals surface area (Å²) in [6, 6.07) is 21.3. The van der Waals surface area contributed by atoms with E-state index in [2.05, 4.69) is 23.8 Å². The molecule has 0 aliphatic carbocycles. The third-order valence-corrected chi connectivity index (χ3v) is 5.35. The topological polar surface area (TPSA) is 69.1 Å². The van der Waals surface area contributed by atoms with Crippen LogP contribution in [0.25, 0.3) is 10.8 Å². The summed E-state index contributed by atoms with van der Waals surface area (Å²) in [6.07, 6.45) is 1.80. The van der Waals surface area contributed by atoms with Gasteiger partial charge in [0.2, 0.25) is 11.8 Å². The number of halogens is 1. The lowest BCUT2D eigenvalue weighted by Gasteiger charge is -2.23. The van der Waals surface area contributed by atoms with Gasteiger partial charge in [-0.25, -0.2) is 0 Å². The third-order valence-electron chi connectivity index (χ3n) is 5.10. The Morgan fingerprint density at radius 1 is 0.912 bits per heavy atom. The first kappa shape index (κ1) is 23.3. The molecule has 8 heteroatoms. The molecule has 4 rings (SSSR count). The highest BCUT2D eigenvalue weighted by Crippen LogP contribution is 2.31. The molecule has 4 aromatic rings. The first-order valence-corrected chi connectivity index (χ1v) is 11.1. The van der Waals surface area contributed by atoms with Crippen LogP contribution >= 0.6 is 11.6 Å². The molecule has 7 nitrogen and oxygen atoms in total.